The topological polar surface area (TPSA) is 89.7 Å². The Morgan fingerprint density at radius 2 is 2.41 bits per heavy atom. The zero-order chi connectivity index (χ0) is 11.5. The molecule has 0 amide bonds. The number of aromatic amines is 1. The first-order chi connectivity index (χ1) is 8.42. The molecule has 1 fully saturated rings. The molecule has 0 bridgehead atoms. The summed E-state index contributed by atoms with van der Waals surface area (Å²) in [6, 6.07) is 0. The molecular weight excluding hydrogens is 222 g/mol. The van der Waals surface area contributed by atoms with E-state index >= 15 is 0 Å². The zero-order valence-electron chi connectivity index (χ0n) is 9.30. The molecule has 1 atom stereocenters. The molecule has 0 radical (unpaired) electrons. The maximum absolute atomic E-state index is 5.62. The lowest BCUT2D eigenvalue weighted by molar-refractivity contribution is 0.0124. The van der Waals surface area contributed by atoms with Crippen LogP contribution in [-0.4, -0.2) is 38.0 Å². The van der Waals surface area contributed by atoms with Gasteiger partial charge in [-0.2, -0.15) is 10.1 Å². The average molecular weight is 235 g/mol. The molecule has 7 heteroatoms. The van der Waals surface area contributed by atoms with E-state index < -0.39 is 0 Å². The van der Waals surface area contributed by atoms with Gasteiger partial charge < -0.3 is 9.26 Å². The number of nitrogens with zero attached hydrogens (tertiary/aromatic N) is 4. The molecule has 0 aromatic carbocycles. The monoisotopic (exact) mass is 235 g/mol. The lowest BCUT2D eigenvalue weighted by Gasteiger charge is -2.20. The van der Waals surface area contributed by atoms with Gasteiger partial charge in [0.05, 0.1) is 12.5 Å². The van der Waals surface area contributed by atoms with Crippen LogP contribution in [0.4, 0.5) is 0 Å². The zero-order valence-corrected chi connectivity index (χ0v) is 9.30. The summed E-state index contributed by atoms with van der Waals surface area (Å²) in [6.45, 7) is 0.827. The van der Waals surface area contributed by atoms with Gasteiger partial charge in [0.2, 0.25) is 11.7 Å². The Morgan fingerprint density at radius 3 is 3.18 bits per heavy atom. The Bertz CT molecular complexity index is 461. The van der Waals surface area contributed by atoms with E-state index in [0.29, 0.717) is 24.0 Å². The molecule has 0 aliphatic carbocycles. The van der Waals surface area contributed by atoms with Crippen LogP contribution in [0.3, 0.4) is 0 Å². The molecule has 2 aromatic rings. The van der Waals surface area contributed by atoms with E-state index in [0.717, 1.165) is 19.4 Å². The predicted molar refractivity (Wildman–Crippen MR) is 57.0 cm³/mol. The molecule has 1 N–H and O–H groups in total. The van der Waals surface area contributed by atoms with Crippen LogP contribution in [0.5, 0.6) is 0 Å². The fourth-order valence-electron chi connectivity index (χ4n) is 1.91. The molecule has 7 nitrogen and oxygen atoms in total. The van der Waals surface area contributed by atoms with Crippen LogP contribution >= 0.6 is 0 Å². The first kappa shape index (κ1) is 10.4. The number of aromatic nitrogens is 5. The summed E-state index contributed by atoms with van der Waals surface area (Å²) in [4.78, 5) is 8.22. The highest BCUT2D eigenvalue weighted by Gasteiger charge is 2.19. The minimum atomic E-state index is 0.201. The van der Waals surface area contributed by atoms with Crippen molar-refractivity contribution >= 4 is 0 Å². The molecule has 90 valence electrons. The third-order valence-corrected chi connectivity index (χ3v) is 2.77. The van der Waals surface area contributed by atoms with E-state index in [1.165, 1.54) is 12.7 Å². The fraction of sp³-hybridized carbons (Fsp3) is 0.600. The van der Waals surface area contributed by atoms with E-state index in [2.05, 4.69) is 25.3 Å². The van der Waals surface area contributed by atoms with Gasteiger partial charge in [-0.25, -0.2) is 4.98 Å². The molecule has 3 heterocycles. The van der Waals surface area contributed by atoms with Gasteiger partial charge in [-0.05, 0) is 19.3 Å². The van der Waals surface area contributed by atoms with Gasteiger partial charge in [0.25, 0.3) is 0 Å². The van der Waals surface area contributed by atoms with Crippen LogP contribution in [0.15, 0.2) is 10.9 Å². The molecule has 17 heavy (non-hydrogen) atoms. The number of H-pyrrole nitrogens is 1. The maximum atomic E-state index is 5.62. The second-order valence-electron chi connectivity index (χ2n) is 4.04. The molecule has 1 saturated heterocycles. The summed E-state index contributed by atoms with van der Waals surface area (Å²) in [7, 11) is 0. The standard InChI is InChI=1S/C10H13N5O2/c1-2-4-16-7(3-1)5-8-13-10(15-17-8)9-11-6-12-14-9/h6-7H,1-5H2,(H,11,12,14). The van der Waals surface area contributed by atoms with Crippen molar-refractivity contribution in [2.24, 2.45) is 0 Å². The van der Waals surface area contributed by atoms with Crippen LogP contribution in [0.2, 0.25) is 0 Å². The van der Waals surface area contributed by atoms with E-state index in [1.54, 1.807) is 0 Å². The van der Waals surface area contributed by atoms with Crippen molar-refractivity contribution in [1.29, 1.82) is 0 Å². The van der Waals surface area contributed by atoms with Crippen LogP contribution in [0, 0.1) is 0 Å². The largest absolute Gasteiger partial charge is 0.378 e. The summed E-state index contributed by atoms with van der Waals surface area (Å²) in [5, 5.41) is 10.3. The van der Waals surface area contributed by atoms with Gasteiger partial charge in [-0.3, -0.25) is 5.10 Å². The molecule has 2 aromatic heterocycles. The smallest absolute Gasteiger partial charge is 0.239 e. The molecule has 0 saturated carbocycles. The Kier molecular flexibility index (Phi) is 2.83. The van der Waals surface area contributed by atoms with Crippen LogP contribution in [0.25, 0.3) is 11.6 Å². The van der Waals surface area contributed by atoms with Gasteiger partial charge in [0.1, 0.15) is 6.33 Å². The molecule has 3 rings (SSSR count). The minimum Gasteiger partial charge on any atom is -0.378 e. The van der Waals surface area contributed by atoms with Crippen molar-refractivity contribution in [1.82, 2.24) is 25.3 Å². The van der Waals surface area contributed by atoms with E-state index in [9.17, 15) is 0 Å². The molecular formula is C10H13N5O2. The van der Waals surface area contributed by atoms with Crippen molar-refractivity contribution in [3.8, 4) is 11.6 Å². The van der Waals surface area contributed by atoms with Crippen LogP contribution < -0.4 is 0 Å². The summed E-state index contributed by atoms with van der Waals surface area (Å²) in [5.41, 5.74) is 0. The van der Waals surface area contributed by atoms with Gasteiger partial charge >= 0.3 is 0 Å². The van der Waals surface area contributed by atoms with Gasteiger partial charge in [0, 0.05) is 6.61 Å². The molecule has 1 aliphatic heterocycles. The fourth-order valence-corrected chi connectivity index (χ4v) is 1.91. The van der Waals surface area contributed by atoms with Crippen molar-refractivity contribution in [3.05, 3.63) is 12.2 Å². The Labute approximate surface area is 97.6 Å². The van der Waals surface area contributed by atoms with Crippen molar-refractivity contribution in [2.45, 2.75) is 31.8 Å². The third-order valence-electron chi connectivity index (χ3n) is 2.77. The number of hydrogen-bond donors (Lipinski definition) is 1. The summed E-state index contributed by atoms with van der Waals surface area (Å²) < 4.78 is 10.8. The maximum Gasteiger partial charge on any atom is 0.239 e. The minimum absolute atomic E-state index is 0.201. The highest BCUT2D eigenvalue weighted by molar-refractivity contribution is 5.39. The highest BCUT2D eigenvalue weighted by atomic mass is 16.5. The van der Waals surface area contributed by atoms with Gasteiger partial charge in [0.15, 0.2) is 5.82 Å². The number of hydrogen-bond acceptors (Lipinski definition) is 6. The highest BCUT2D eigenvalue weighted by Crippen LogP contribution is 2.17. The van der Waals surface area contributed by atoms with Crippen molar-refractivity contribution < 1.29 is 9.26 Å². The average Bonchev–Trinajstić information content (AvgIpc) is 3.00. The second kappa shape index (κ2) is 4.62. The van der Waals surface area contributed by atoms with E-state index in [1.807, 2.05) is 0 Å². The SMILES string of the molecule is c1n[nH]c(-c2noc(CC3CCCCO3)n2)n1. The Balaban J connectivity index is 1.68. The summed E-state index contributed by atoms with van der Waals surface area (Å²) >= 11 is 0. The first-order valence-electron chi connectivity index (χ1n) is 5.72. The molecule has 1 aliphatic rings. The van der Waals surface area contributed by atoms with E-state index in [-0.39, 0.29) is 6.10 Å². The molecule has 0 spiro atoms. The number of nitrogens with one attached hydrogen (secondary N) is 1. The van der Waals surface area contributed by atoms with Crippen LogP contribution in [-0.2, 0) is 11.2 Å². The number of ether oxygens (including phenoxy) is 1. The van der Waals surface area contributed by atoms with Crippen molar-refractivity contribution in [2.75, 3.05) is 6.61 Å². The lowest BCUT2D eigenvalue weighted by atomic mass is 10.1. The second-order valence-corrected chi connectivity index (χ2v) is 4.04. The third kappa shape index (κ3) is 2.33. The van der Waals surface area contributed by atoms with Gasteiger partial charge in [-0.1, -0.05) is 5.16 Å². The summed E-state index contributed by atoms with van der Waals surface area (Å²) in [5.74, 6) is 1.54. The number of rotatable bonds is 3. The Morgan fingerprint density at radius 1 is 1.41 bits per heavy atom. The lowest BCUT2D eigenvalue weighted by Crippen LogP contribution is -2.21. The quantitative estimate of drug-likeness (QED) is 0.852. The van der Waals surface area contributed by atoms with Crippen LogP contribution in [0.1, 0.15) is 25.2 Å². The Hall–Kier alpha value is -1.76. The first-order valence-corrected chi connectivity index (χ1v) is 5.72. The van der Waals surface area contributed by atoms with E-state index in [4.69, 9.17) is 9.26 Å². The predicted octanol–water partition coefficient (Wildman–Crippen LogP) is 0.966. The normalized spacial score (nSPS) is 20.6. The van der Waals surface area contributed by atoms with Crippen molar-refractivity contribution in [3.63, 3.8) is 0 Å². The molecule has 1 unspecified atom stereocenters. The summed E-state index contributed by atoms with van der Waals surface area (Å²) in [6.07, 6.45) is 5.68. The van der Waals surface area contributed by atoms with Gasteiger partial charge in [-0.15, -0.1) is 0 Å².